The molecule has 0 radical (unpaired) electrons. The van der Waals surface area contributed by atoms with Gasteiger partial charge in [-0.25, -0.2) is 13.6 Å². The molecule has 1 amide bonds. The summed E-state index contributed by atoms with van der Waals surface area (Å²) < 4.78 is 26.8. The predicted molar refractivity (Wildman–Crippen MR) is 64.7 cm³/mol. The summed E-state index contributed by atoms with van der Waals surface area (Å²) in [5.41, 5.74) is -0.767. The zero-order chi connectivity index (χ0) is 14.6. The van der Waals surface area contributed by atoms with Gasteiger partial charge in [-0.05, 0) is 18.1 Å². The molecule has 1 aromatic carbocycles. The van der Waals surface area contributed by atoms with Crippen molar-refractivity contribution in [2.45, 2.75) is 26.3 Å². The van der Waals surface area contributed by atoms with Crippen LogP contribution in [0.5, 0.6) is 0 Å². The lowest BCUT2D eigenvalue weighted by atomic mass is 9.99. The van der Waals surface area contributed by atoms with Crippen molar-refractivity contribution in [1.82, 2.24) is 5.32 Å². The fourth-order valence-corrected chi connectivity index (χ4v) is 1.61. The molecule has 0 spiro atoms. The Balaban J connectivity index is 2.98. The lowest BCUT2D eigenvalue weighted by Crippen LogP contribution is -2.45. The van der Waals surface area contributed by atoms with Crippen LogP contribution in [-0.4, -0.2) is 23.0 Å². The number of halogens is 2. The third-order valence-corrected chi connectivity index (χ3v) is 2.96. The minimum atomic E-state index is -1.24. The van der Waals surface area contributed by atoms with Crippen LogP contribution >= 0.6 is 0 Å². The van der Waals surface area contributed by atoms with E-state index in [-0.39, 0.29) is 5.92 Å². The van der Waals surface area contributed by atoms with Crippen LogP contribution in [0.25, 0.3) is 0 Å². The lowest BCUT2D eigenvalue weighted by molar-refractivity contribution is -0.140. The summed E-state index contributed by atoms with van der Waals surface area (Å²) in [6, 6.07) is 1.83. The number of nitrogens with one attached hydrogen (secondary N) is 1. The Hall–Kier alpha value is -1.98. The Labute approximate surface area is 109 Å². The van der Waals surface area contributed by atoms with Crippen LogP contribution in [0.4, 0.5) is 8.78 Å². The van der Waals surface area contributed by atoms with Gasteiger partial charge in [-0.3, -0.25) is 4.79 Å². The molecule has 4 nitrogen and oxygen atoms in total. The molecule has 0 aliphatic rings. The minimum absolute atomic E-state index is 0.351. The molecule has 1 aromatic rings. The second kappa shape index (κ2) is 6.26. The van der Waals surface area contributed by atoms with Gasteiger partial charge in [0.25, 0.3) is 5.91 Å². The van der Waals surface area contributed by atoms with E-state index in [1.165, 1.54) is 0 Å². The predicted octanol–water partition coefficient (Wildman–Crippen LogP) is 2.19. The number of benzene rings is 1. The number of hydrogen-bond donors (Lipinski definition) is 2. The molecule has 19 heavy (non-hydrogen) atoms. The molecule has 0 aromatic heterocycles. The fraction of sp³-hybridized carbons (Fsp3) is 0.385. The third kappa shape index (κ3) is 3.49. The molecule has 0 fully saturated rings. The van der Waals surface area contributed by atoms with Gasteiger partial charge in [-0.15, -0.1) is 0 Å². The summed E-state index contributed by atoms with van der Waals surface area (Å²) >= 11 is 0. The van der Waals surface area contributed by atoms with E-state index in [4.69, 9.17) is 5.11 Å². The number of rotatable bonds is 5. The Morgan fingerprint density at radius 2 is 1.84 bits per heavy atom. The highest BCUT2D eigenvalue weighted by Gasteiger charge is 2.27. The first-order chi connectivity index (χ1) is 8.88. The monoisotopic (exact) mass is 271 g/mol. The van der Waals surface area contributed by atoms with Crippen LogP contribution in [0.1, 0.15) is 30.6 Å². The van der Waals surface area contributed by atoms with Crippen LogP contribution in [-0.2, 0) is 4.79 Å². The van der Waals surface area contributed by atoms with E-state index in [1.807, 2.05) is 0 Å². The molecule has 2 N–H and O–H groups in total. The van der Waals surface area contributed by atoms with Crippen molar-refractivity contribution >= 4 is 11.9 Å². The topological polar surface area (TPSA) is 66.4 Å². The van der Waals surface area contributed by atoms with Crippen molar-refractivity contribution in [3.05, 3.63) is 35.4 Å². The van der Waals surface area contributed by atoms with Crippen LogP contribution in [0, 0.1) is 17.6 Å². The summed E-state index contributed by atoms with van der Waals surface area (Å²) in [7, 11) is 0. The second-order valence-corrected chi connectivity index (χ2v) is 4.27. The summed E-state index contributed by atoms with van der Waals surface area (Å²) in [5, 5.41) is 11.2. The van der Waals surface area contributed by atoms with Gasteiger partial charge in [0.2, 0.25) is 0 Å². The first kappa shape index (κ1) is 15.1. The van der Waals surface area contributed by atoms with Crippen molar-refractivity contribution in [2.24, 2.45) is 5.92 Å². The molecule has 2 atom stereocenters. The average molecular weight is 271 g/mol. The van der Waals surface area contributed by atoms with Gasteiger partial charge < -0.3 is 10.4 Å². The summed E-state index contributed by atoms with van der Waals surface area (Å²) in [6.45, 7) is 3.40. The Bertz CT molecular complexity index is 471. The molecule has 2 unspecified atom stereocenters. The van der Waals surface area contributed by atoms with Gasteiger partial charge in [-0.2, -0.15) is 0 Å². The van der Waals surface area contributed by atoms with E-state index >= 15 is 0 Å². The molecular formula is C13H15F2NO3. The maximum absolute atomic E-state index is 13.4. The fourth-order valence-electron chi connectivity index (χ4n) is 1.61. The molecule has 104 valence electrons. The van der Waals surface area contributed by atoms with E-state index < -0.39 is 35.1 Å². The number of carbonyl (C=O) groups is 2. The molecule has 1 rings (SSSR count). The SMILES string of the molecule is CCC(C)C(NC(=O)c1c(F)cccc1F)C(=O)O. The Morgan fingerprint density at radius 3 is 2.26 bits per heavy atom. The second-order valence-electron chi connectivity index (χ2n) is 4.27. The quantitative estimate of drug-likeness (QED) is 0.862. The standard InChI is InChI=1S/C13H15F2NO3/c1-3-7(2)11(13(18)19)16-12(17)10-8(14)5-4-6-9(10)15/h4-7,11H,3H2,1-2H3,(H,16,17)(H,18,19). The number of carboxylic acids is 1. The normalized spacial score (nSPS) is 13.7. The van der Waals surface area contributed by atoms with Crippen molar-refractivity contribution in [1.29, 1.82) is 0 Å². The molecule has 0 aliphatic carbocycles. The van der Waals surface area contributed by atoms with E-state index in [0.717, 1.165) is 18.2 Å². The molecule has 0 heterocycles. The number of carbonyl (C=O) groups excluding carboxylic acids is 1. The summed E-state index contributed by atoms with van der Waals surface area (Å²) in [5.74, 6) is -4.70. The highest BCUT2D eigenvalue weighted by Crippen LogP contribution is 2.14. The van der Waals surface area contributed by atoms with Crippen molar-refractivity contribution in [2.75, 3.05) is 0 Å². The Kier molecular flexibility index (Phi) is 4.97. The van der Waals surface area contributed by atoms with Gasteiger partial charge in [-0.1, -0.05) is 26.3 Å². The van der Waals surface area contributed by atoms with E-state index in [1.54, 1.807) is 13.8 Å². The molecule has 0 bridgehead atoms. The molecule has 6 heteroatoms. The zero-order valence-corrected chi connectivity index (χ0v) is 10.6. The van der Waals surface area contributed by atoms with Crippen molar-refractivity contribution in [3.8, 4) is 0 Å². The average Bonchev–Trinajstić information content (AvgIpc) is 2.34. The molecule has 0 saturated heterocycles. The highest BCUT2D eigenvalue weighted by atomic mass is 19.1. The minimum Gasteiger partial charge on any atom is -0.480 e. The van der Waals surface area contributed by atoms with Crippen molar-refractivity contribution in [3.63, 3.8) is 0 Å². The number of aliphatic carboxylic acids is 1. The highest BCUT2D eigenvalue weighted by molar-refractivity contribution is 5.97. The smallest absolute Gasteiger partial charge is 0.326 e. The first-order valence-electron chi connectivity index (χ1n) is 5.86. The van der Waals surface area contributed by atoms with E-state index in [9.17, 15) is 18.4 Å². The lowest BCUT2D eigenvalue weighted by Gasteiger charge is -2.20. The third-order valence-electron chi connectivity index (χ3n) is 2.96. The summed E-state index contributed by atoms with van der Waals surface area (Å²) in [6.07, 6.45) is 0.511. The van der Waals surface area contributed by atoms with Gasteiger partial charge in [0.15, 0.2) is 0 Å². The maximum Gasteiger partial charge on any atom is 0.326 e. The van der Waals surface area contributed by atoms with Gasteiger partial charge in [0.05, 0.1) is 0 Å². The van der Waals surface area contributed by atoms with Gasteiger partial charge in [0, 0.05) is 0 Å². The summed E-state index contributed by atoms with van der Waals surface area (Å²) in [4.78, 5) is 22.8. The van der Waals surface area contributed by atoms with Crippen LogP contribution in [0.3, 0.4) is 0 Å². The number of carboxylic acid groups (broad SMARTS) is 1. The molecule has 0 saturated carbocycles. The van der Waals surface area contributed by atoms with Gasteiger partial charge in [0.1, 0.15) is 23.2 Å². The van der Waals surface area contributed by atoms with Crippen LogP contribution < -0.4 is 5.32 Å². The number of hydrogen-bond acceptors (Lipinski definition) is 2. The Morgan fingerprint density at radius 1 is 1.32 bits per heavy atom. The van der Waals surface area contributed by atoms with Crippen molar-refractivity contribution < 1.29 is 23.5 Å². The number of amides is 1. The molecule has 0 aliphatic heterocycles. The van der Waals surface area contributed by atoms with Gasteiger partial charge >= 0.3 is 5.97 Å². The first-order valence-corrected chi connectivity index (χ1v) is 5.86. The maximum atomic E-state index is 13.4. The van der Waals surface area contributed by atoms with E-state index in [0.29, 0.717) is 6.42 Å². The zero-order valence-electron chi connectivity index (χ0n) is 10.6. The van der Waals surface area contributed by atoms with Crippen LogP contribution in [0.2, 0.25) is 0 Å². The largest absolute Gasteiger partial charge is 0.480 e. The van der Waals surface area contributed by atoms with E-state index in [2.05, 4.69) is 5.32 Å². The van der Waals surface area contributed by atoms with Crippen LogP contribution in [0.15, 0.2) is 18.2 Å². The molecular weight excluding hydrogens is 256 g/mol.